The van der Waals surface area contributed by atoms with Crippen LogP contribution in [0.4, 0.5) is 10.1 Å². The van der Waals surface area contributed by atoms with Gasteiger partial charge in [0.1, 0.15) is 0 Å². The van der Waals surface area contributed by atoms with Crippen LogP contribution in [0.15, 0.2) is 24.3 Å². The normalized spacial score (nSPS) is 10.1. The van der Waals surface area contributed by atoms with E-state index in [4.69, 9.17) is 19.9 Å². The Balaban J connectivity index is 2.37. The molecule has 0 aliphatic carbocycles. The summed E-state index contributed by atoms with van der Waals surface area (Å²) in [5, 5.41) is 0. The van der Waals surface area contributed by atoms with E-state index in [1.165, 1.54) is 38.5 Å². The minimum Gasteiger partial charge on any atom is -0.481 e. The number of aromatic nitrogens is 2. The molecule has 1 aromatic heterocycles. The van der Waals surface area contributed by atoms with Crippen LogP contribution in [0, 0.1) is 5.82 Å². The maximum atomic E-state index is 13.6. The number of para-hydroxylation sites is 1. The lowest BCUT2D eigenvalue weighted by atomic mass is 10.3. The highest BCUT2D eigenvalue weighted by Gasteiger charge is 2.13. The third-order valence-corrected chi connectivity index (χ3v) is 2.27. The molecule has 0 spiro atoms. The zero-order valence-electron chi connectivity index (χ0n) is 10.4. The van der Waals surface area contributed by atoms with Crippen LogP contribution in [0.5, 0.6) is 23.5 Å². The summed E-state index contributed by atoms with van der Waals surface area (Å²) in [4.78, 5) is 7.84. The van der Waals surface area contributed by atoms with E-state index in [0.29, 0.717) is 0 Å². The molecule has 100 valence electrons. The summed E-state index contributed by atoms with van der Waals surface area (Å²) >= 11 is 0. The van der Waals surface area contributed by atoms with Gasteiger partial charge in [-0.15, -0.1) is 0 Å². The third kappa shape index (κ3) is 2.82. The van der Waals surface area contributed by atoms with E-state index in [2.05, 4.69) is 9.97 Å². The van der Waals surface area contributed by atoms with Crippen LogP contribution in [-0.4, -0.2) is 24.2 Å². The molecule has 0 saturated heterocycles. The fourth-order valence-electron chi connectivity index (χ4n) is 1.36. The minimum absolute atomic E-state index is 0.118. The number of halogens is 1. The van der Waals surface area contributed by atoms with Crippen molar-refractivity contribution in [3.63, 3.8) is 0 Å². The quantitative estimate of drug-likeness (QED) is 0.852. The number of methoxy groups -OCH3 is 2. The largest absolute Gasteiger partial charge is 0.481 e. The zero-order chi connectivity index (χ0) is 13.8. The van der Waals surface area contributed by atoms with Gasteiger partial charge in [0.25, 0.3) is 0 Å². The number of nitrogens with two attached hydrogens (primary N) is 1. The molecule has 0 unspecified atom stereocenters. The first-order valence-corrected chi connectivity index (χ1v) is 5.33. The van der Waals surface area contributed by atoms with Crippen molar-refractivity contribution < 1.29 is 18.6 Å². The molecule has 1 heterocycles. The molecule has 0 fully saturated rings. The molecule has 2 aromatic rings. The molecular formula is C12H12FN3O3. The van der Waals surface area contributed by atoms with E-state index in [-0.39, 0.29) is 29.2 Å². The van der Waals surface area contributed by atoms with Crippen molar-refractivity contribution >= 4 is 5.69 Å². The van der Waals surface area contributed by atoms with Crippen molar-refractivity contribution in [3.8, 4) is 23.5 Å². The Hall–Kier alpha value is -2.57. The molecule has 0 aliphatic heterocycles. The molecule has 19 heavy (non-hydrogen) atoms. The fraction of sp³-hybridized carbons (Fsp3) is 0.167. The summed E-state index contributed by atoms with van der Waals surface area (Å²) in [6, 6.07) is 5.56. The average molecular weight is 265 g/mol. The van der Waals surface area contributed by atoms with Crippen LogP contribution in [0.2, 0.25) is 0 Å². The smallest absolute Gasteiger partial charge is 0.328 e. The van der Waals surface area contributed by atoms with Gasteiger partial charge in [-0.05, 0) is 12.1 Å². The Labute approximate surface area is 109 Å². The van der Waals surface area contributed by atoms with E-state index in [0.717, 1.165) is 0 Å². The topological polar surface area (TPSA) is 79.5 Å². The SMILES string of the molecule is COc1cc(OC)nc(Oc2c(N)cccc2F)n1. The second kappa shape index (κ2) is 5.38. The Kier molecular flexibility index (Phi) is 3.65. The Morgan fingerprint density at radius 1 is 1.11 bits per heavy atom. The summed E-state index contributed by atoms with van der Waals surface area (Å²) in [5.74, 6) is -0.281. The summed E-state index contributed by atoms with van der Waals surface area (Å²) in [6.07, 6.45) is 0. The highest BCUT2D eigenvalue weighted by Crippen LogP contribution is 2.30. The van der Waals surface area contributed by atoms with Crippen LogP contribution in [-0.2, 0) is 0 Å². The predicted molar refractivity (Wildman–Crippen MR) is 66.0 cm³/mol. The van der Waals surface area contributed by atoms with Crippen LogP contribution in [0.3, 0.4) is 0 Å². The van der Waals surface area contributed by atoms with Crippen molar-refractivity contribution in [2.45, 2.75) is 0 Å². The highest BCUT2D eigenvalue weighted by molar-refractivity contribution is 5.53. The van der Waals surface area contributed by atoms with Crippen molar-refractivity contribution in [1.29, 1.82) is 0 Å². The molecule has 0 saturated carbocycles. The van der Waals surface area contributed by atoms with Crippen molar-refractivity contribution in [2.24, 2.45) is 0 Å². The molecule has 2 rings (SSSR count). The molecule has 0 amide bonds. The van der Waals surface area contributed by atoms with Crippen LogP contribution < -0.4 is 19.9 Å². The number of hydrogen-bond donors (Lipinski definition) is 1. The summed E-state index contributed by atoms with van der Waals surface area (Å²) in [7, 11) is 2.87. The maximum Gasteiger partial charge on any atom is 0.328 e. The first-order valence-electron chi connectivity index (χ1n) is 5.33. The van der Waals surface area contributed by atoms with Crippen LogP contribution in [0.1, 0.15) is 0 Å². The van der Waals surface area contributed by atoms with E-state index < -0.39 is 5.82 Å². The van der Waals surface area contributed by atoms with Gasteiger partial charge in [0, 0.05) is 0 Å². The third-order valence-electron chi connectivity index (χ3n) is 2.27. The van der Waals surface area contributed by atoms with Gasteiger partial charge in [0.2, 0.25) is 11.8 Å². The zero-order valence-corrected chi connectivity index (χ0v) is 10.4. The molecule has 6 nitrogen and oxygen atoms in total. The molecule has 2 N–H and O–H groups in total. The van der Waals surface area contributed by atoms with Gasteiger partial charge < -0.3 is 19.9 Å². The lowest BCUT2D eigenvalue weighted by Crippen LogP contribution is -2.00. The summed E-state index contributed by atoms with van der Waals surface area (Å²) in [6.45, 7) is 0. The van der Waals surface area contributed by atoms with Gasteiger partial charge in [0.05, 0.1) is 26.0 Å². The summed E-state index contributed by atoms with van der Waals surface area (Å²) < 4.78 is 28.7. The van der Waals surface area contributed by atoms with Crippen LogP contribution >= 0.6 is 0 Å². The van der Waals surface area contributed by atoms with Gasteiger partial charge >= 0.3 is 6.01 Å². The maximum absolute atomic E-state index is 13.6. The molecular weight excluding hydrogens is 253 g/mol. The van der Waals surface area contributed by atoms with Crippen molar-refractivity contribution in [1.82, 2.24) is 9.97 Å². The van der Waals surface area contributed by atoms with Gasteiger partial charge in [-0.3, -0.25) is 0 Å². The van der Waals surface area contributed by atoms with Crippen molar-refractivity contribution in [3.05, 3.63) is 30.1 Å². The number of benzene rings is 1. The Morgan fingerprint density at radius 2 is 1.74 bits per heavy atom. The summed E-state index contributed by atoms with van der Waals surface area (Å²) in [5.41, 5.74) is 5.77. The van der Waals surface area contributed by atoms with E-state index in [1.54, 1.807) is 0 Å². The first kappa shape index (κ1) is 12.9. The van der Waals surface area contributed by atoms with Crippen LogP contribution in [0.25, 0.3) is 0 Å². The van der Waals surface area contributed by atoms with E-state index >= 15 is 0 Å². The number of rotatable bonds is 4. The van der Waals surface area contributed by atoms with E-state index in [9.17, 15) is 4.39 Å². The second-order valence-electron chi connectivity index (χ2n) is 3.50. The number of hydrogen-bond acceptors (Lipinski definition) is 6. The number of ether oxygens (including phenoxy) is 3. The predicted octanol–water partition coefficient (Wildman–Crippen LogP) is 2.01. The highest BCUT2D eigenvalue weighted by atomic mass is 19.1. The lowest BCUT2D eigenvalue weighted by molar-refractivity contribution is 0.343. The van der Waals surface area contributed by atoms with Gasteiger partial charge in [-0.1, -0.05) is 6.07 Å². The average Bonchev–Trinajstić information content (AvgIpc) is 2.42. The number of nitrogen functional groups attached to an aromatic ring is 1. The van der Waals surface area contributed by atoms with Gasteiger partial charge in [0.15, 0.2) is 11.6 Å². The number of nitrogens with zero attached hydrogens (tertiary/aromatic N) is 2. The molecule has 0 atom stereocenters. The standard InChI is InChI=1S/C12H12FN3O3/c1-17-9-6-10(18-2)16-12(15-9)19-11-7(13)4-3-5-8(11)14/h3-6H,14H2,1-2H3. The lowest BCUT2D eigenvalue weighted by Gasteiger charge is -2.09. The Morgan fingerprint density at radius 3 is 2.26 bits per heavy atom. The fourth-order valence-corrected chi connectivity index (χ4v) is 1.36. The van der Waals surface area contributed by atoms with Crippen molar-refractivity contribution in [2.75, 3.05) is 20.0 Å². The first-order chi connectivity index (χ1) is 9.13. The second-order valence-corrected chi connectivity index (χ2v) is 3.50. The van der Waals surface area contributed by atoms with Gasteiger partial charge in [-0.25, -0.2) is 4.39 Å². The minimum atomic E-state index is -0.606. The van der Waals surface area contributed by atoms with Gasteiger partial charge in [-0.2, -0.15) is 9.97 Å². The molecule has 0 bridgehead atoms. The molecule has 1 aromatic carbocycles. The Bertz CT molecular complexity index is 550. The monoisotopic (exact) mass is 265 g/mol. The van der Waals surface area contributed by atoms with E-state index in [1.807, 2.05) is 0 Å². The molecule has 7 heteroatoms. The molecule has 0 aliphatic rings. The number of anilines is 1. The molecule has 0 radical (unpaired) electrons.